The Morgan fingerprint density at radius 3 is 2.40 bits per heavy atom. The first-order valence-electron chi connectivity index (χ1n) is 6.73. The number of rotatable bonds is 5. The molecule has 1 aromatic carbocycles. The van der Waals surface area contributed by atoms with Crippen molar-refractivity contribution < 1.29 is 13.2 Å². The number of sulfonamides is 1. The predicted octanol–water partition coefficient (Wildman–Crippen LogP) is 0.886. The molecule has 1 unspecified atom stereocenters. The highest BCUT2D eigenvalue weighted by molar-refractivity contribution is 7.89. The van der Waals surface area contributed by atoms with Gasteiger partial charge in [-0.2, -0.15) is 0 Å². The Morgan fingerprint density at radius 2 is 1.85 bits per heavy atom. The van der Waals surface area contributed by atoms with Crippen LogP contribution in [-0.4, -0.2) is 31.5 Å². The maximum Gasteiger partial charge on any atom is 0.223 e. The number of nitrogens with two attached hydrogens (primary N) is 1. The van der Waals surface area contributed by atoms with Gasteiger partial charge in [-0.05, 0) is 17.5 Å². The van der Waals surface area contributed by atoms with Gasteiger partial charge in [0.25, 0.3) is 0 Å². The van der Waals surface area contributed by atoms with Crippen LogP contribution in [0, 0.1) is 5.92 Å². The molecule has 0 aliphatic carbocycles. The molecule has 1 amide bonds. The highest BCUT2D eigenvalue weighted by Gasteiger charge is 2.31. The maximum absolute atomic E-state index is 11.9. The van der Waals surface area contributed by atoms with Crippen LogP contribution in [0.2, 0.25) is 0 Å². The molecule has 1 atom stereocenters. The quantitative estimate of drug-likeness (QED) is 0.876. The minimum absolute atomic E-state index is 0.00165. The second-order valence-electron chi connectivity index (χ2n) is 5.34. The van der Waals surface area contributed by atoms with Gasteiger partial charge in [-0.3, -0.25) is 4.79 Å². The summed E-state index contributed by atoms with van der Waals surface area (Å²) in [7, 11) is -3.52. The van der Waals surface area contributed by atoms with Crippen molar-refractivity contribution in [2.75, 3.05) is 12.3 Å². The molecule has 1 heterocycles. The number of likely N-dealkylation sites (tertiary alicyclic amines) is 1. The molecule has 1 aliphatic rings. The fourth-order valence-corrected chi connectivity index (χ4v) is 3.43. The lowest BCUT2D eigenvalue weighted by molar-refractivity contribution is -0.128. The number of hydrogen-bond acceptors (Lipinski definition) is 3. The van der Waals surface area contributed by atoms with Crippen LogP contribution in [0.3, 0.4) is 0 Å². The van der Waals surface area contributed by atoms with Crippen molar-refractivity contribution in [1.29, 1.82) is 0 Å². The third-order valence-corrected chi connectivity index (χ3v) is 4.50. The third-order valence-electron chi connectivity index (χ3n) is 3.57. The topological polar surface area (TPSA) is 80.5 Å². The number of aryl methyl sites for hydroxylation is 1. The van der Waals surface area contributed by atoms with Crippen molar-refractivity contribution in [3.05, 3.63) is 35.4 Å². The zero-order chi connectivity index (χ0) is 14.8. The normalized spacial score (nSPS) is 19.6. The molecule has 1 aliphatic heterocycles. The summed E-state index contributed by atoms with van der Waals surface area (Å²) in [5.41, 5.74) is 2.32. The van der Waals surface area contributed by atoms with Crippen molar-refractivity contribution in [1.82, 2.24) is 4.90 Å². The van der Waals surface area contributed by atoms with E-state index in [-0.39, 0.29) is 24.0 Å². The van der Waals surface area contributed by atoms with E-state index in [1.54, 1.807) is 4.90 Å². The maximum atomic E-state index is 11.9. The first-order chi connectivity index (χ1) is 9.37. The van der Waals surface area contributed by atoms with Gasteiger partial charge in [0.05, 0.1) is 5.75 Å². The minimum atomic E-state index is -3.52. The molecule has 1 saturated heterocycles. The van der Waals surface area contributed by atoms with E-state index in [0.717, 1.165) is 12.0 Å². The largest absolute Gasteiger partial charge is 0.338 e. The first-order valence-corrected chi connectivity index (χ1v) is 8.45. The molecule has 20 heavy (non-hydrogen) atoms. The van der Waals surface area contributed by atoms with Crippen molar-refractivity contribution in [3.63, 3.8) is 0 Å². The summed E-state index contributed by atoms with van der Waals surface area (Å²) in [5.74, 6) is -0.310. The summed E-state index contributed by atoms with van der Waals surface area (Å²) in [6, 6.07) is 8.13. The molecule has 6 heteroatoms. The monoisotopic (exact) mass is 296 g/mol. The first kappa shape index (κ1) is 15.0. The van der Waals surface area contributed by atoms with E-state index in [1.165, 1.54) is 5.56 Å². The van der Waals surface area contributed by atoms with E-state index in [0.29, 0.717) is 13.1 Å². The Hall–Kier alpha value is -1.40. The zero-order valence-corrected chi connectivity index (χ0v) is 12.4. The second-order valence-corrected chi connectivity index (χ2v) is 7.00. The van der Waals surface area contributed by atoms with Crippen LogP contribution in [0.1, 0.15) is 24.5 Å². The van der Waals surface area contributed by atoms with Crippen LogP contribution in [0.15, 0.2) is 24.3 Å². The van der Waals surface area contributed by atoms with Gasteiger partial charge in [-0.25, -0.2) is 13.6 Å². The summed E-state index contributed by atoms with van der Waals surface area (Å²) < 4.78 is 22.2. The van der Waals surface area contributed by atoms with E-state index < -0.39 is 10.0 Å². The molecule has 1 fully saturated rings. The van der Waals surface area contributed by atoms with Gasteiger partial charge in [0, 0.05) is 25.4 Å². The average Bonchev–Trinajstić information content (AvgIpc) is 2.68. The van der Waals surface area contributed by atoms with E-state index in [2.05, 4.69) is 19.1 Å². The number of amides is 1. The van der Waals surface area contributed by atoms with Gasteiger partial charge < -0.3 is 4.90 Å². The van der Waals surface area contributed by atoms with Gasteiger partial charge in [0.15, 0.2) is 0 Å². The number of carbonyl (C=O) groups is 1. The molecule has 2 rings (SSSR count). The second kappa shape index (κ2) is 5.93. The number of nitrogens with zero attached hydrogens (tertiary/aromatic N) is 1. The van der Waals surface area contributed by atoms with E-state index in [9.17, 15) is 13.2 Å². The van der Waals surface area contributed by atoms with Crippen molar-refractivity contribution in [2.45, 2.75) is 26.3 Å². The van der Waals surface area contributed by atoms with Crippen LogP contribution in [0.5, 0.6) is 0 Å². The van der Waals surface area contributed by atoms with Crippen molar-refractivity contribution >= 4 is 15.9 Å². The SMILES string of the molecule is CCc1ccc(CN2CC(CS(N)(=O)=O)CC2=O)cc1. The molecule has 5 nitrogen and oxygen atoms in total. The molecular formula is C14H20N2O3S. The fraction of sp³-hybridized carbons (Fsp3) is 0.500. The molecule has 1 aromatic rings. The zero-order valence-electron chi connectivity index (χ0n) is 11.6. The van der Waals surface area contributed by atoms with Gasteiger partial charge in [0.1, 0.15) is 0 Å². The Balaban J connectivity index is 1.97. The lowest BCUT2D eigenvalue weighted by atomic mass is 10.1. The molecule has 0 aromatic heterocycles. The predicted molar refractivity (Wildman–Crippen MR) is 77.3 cm³/mol. The average molecular weight is 296 g/mol. The molecule has 0 bridgehead atoms. The highest BCUT2D eigenvalue weighted by Crippen LogP contribution is 2.21. The summed E-state index contributed by atoms with van der Waals surface area (Å²) in [5, 5.41) is 5.03. The Labute approximate surface area is 119 Å². The van der Waals surface area contributed by atoms with E-state index in [1.807, 2.05) is 12.1 Å². The van der Waals surface area contributed by atoms with Crippen LogP contribution < -0.4 is 5.14 Å². The van der Waals surface area contributed by atoms with Gasteiger partial charge >= 0.3 is 0 Å². The van der Waals surface area contributed by atoms with Gasteiger partial charge in [0.2, 0.25) is 15.9 Å². The molecule has 110 valence electrons. The fourth-order valence-electron chi connectivity index (χ4n) is 2.55. The Bertz CT molecular complexity index is 581. The molecule has 0 radical (unpaired) electrons. The number of benzene rings is 1. The van der Waals surface area contributed by atoms with Crippen LogP contribution >= 0.6 is 0 Å². The van der Waals surface area contributed by atoms with Crippen LogP contribution in [-0.2, 0) is 27.8 Å². The molecule has 0 spiro atoms. The number of hydrogen-bond donors (Lipinski definition) is 1. The molecule has 2 N–H and O–H groups in total. The van der Waals surface area contributed by atoms with E-state index >= 15 is 0 Å². The summed E-state index contributed by atoms with van der Waals surface area (Å²) in [6.07, 6.45) is 1.25. The van der Waals surface area contributed by atoms with Gasteiger partial charge in [-0.15, -0.1) is 0 Å². The standard InChI is InChI=1S/C14H20N2O3S/c1-2-11-3-5-12(6-4-11)8-16-9-13(7-14(16)17)10-20(15,18)19/h3-6,13H,2,7-10H2,1H3,(H2,15,18,19). The van der Waals surface area contributed by atoms with E-state index in [4.69, 9.17) is 5.14 Å². The third kappa shape index (κ3) is 4.05. The summed E-state index contributed by atoms with van der Waals surface area (Å²) >= 11 is 0. The van der Waals surface area contributed by atoms with Gasteiger partial charge in [-0.1, -0.05) is 31.2 Å². The summed E-state index contributed by atoms with van der Waals surface area (Å²) in [4.78, 5) is 13.6. The van der Waals surface area contributed by atoms with Crippen LogP contribution in [0.25, 0.3) is 0 Å². The van der Waals surface area contributed by atoms with Crippen LogP contribution in [0.4, 0.5) is 0 Å². The Kier molecular flexibility index (Phi) is 4.45. The number of carbonyl (C=O) groups excluding carboxylic acids is 1. The highest BCUT2D eigenvalue weighted by atomic mass is 32.2. The Morgan fingerprint density at radius 1 is 1.25 bits per heavy atom. The molecular weight excluding hydrogens is 276 g/mol. The number of primary sulfonamides is 1. The lowest BCUT2D eigenvalue weighted by Crippen LogP contribution is -2.27. The molecule has 0 saturated carbocycles. The minimum Gasteiger partial charge on any atom is -0.338 e. The lowest BCUT2D eigenvalue weighted by Gasteiger charge is -2.16. The smallest absolute Gasteiger partial charge is 0.223 e. The summed E-state index contributed by atoms with van der Waals surface area (Å²) in [6.45, 7) is 3.09. The van der Waals surface area contributed by atoms with Crippen molar-refractivity contribution in [2.24, 2.45) is 11.1 Å². The van der Waals surface area contributed by atoms with Crippen molar-refractivity contribution in [3.8, 4) is 0 Å².